The highest BCUT2D eigenvalue weighted by Gasteiger charge is 2.06. The molecule has 0 amide bonds. The van der Waals surface area contributed by atoms with E-state index >= 15 is 0 Å². The normalized spacial score (nSPS) is 10.2. The Bertz CT molecular complexity index is 574. The maximum Gasteiger partial charge on any atom is 0.174 e. The maximum absolute atomic E-state index is 8.77. The minimum atomic E-state index is 0.470. The van der Waals surface area contributed by atoms with E-state index in [0.29, 0.717) is 10.6 Å². The number of rotatable bonds is 3. The molecule has 2 rings (SSSR count). The van der Waals surface area contributed by atoms with Crippen LogP contribution in [-0.2, 0) is 6.42 Å². The SMILES string of the molecule is CCc1nsc(Sc2ccc(C#N)c(Cl)c2)n1. The zero-order valence-corrected chi connectivity index (χ0v) is 11.4. The van der Waals surface area contributed by atoms with Crippen molar-refractivity contribution in [3.05, 3.63) is 34.6 Å². The number of aromatic nitrogens is 2. The summed E-state index contributed by atoms with van der Waals surface area (Å²) in [6.07, 6.45) is 0.838. The summed E-state index contributed by atoms with van der Waals surface area (Å²) in [7, 11) is 0. The summed E-state index contributed by atoms with van der Waals surface area (Å²) in [5.41, 5.74) is 0.488. The van der Waals surface area contributed by atoms with Crippen molar-refractivity contribution < 1.29 is 0 Å². The quantitative estimate of drug-likeness (QED) is 0.859. The van der Waals surface area contributed by atoms with Crippen LogP contribution in [0.5, 0.6) is 0 Å². The molecule has 2 aromatic rings. The minimum Gasteiger partial charge on any atom is -0.213 e. The van der Waals surface area contributed by atoms with Gasteiger partial charge in [-0.2, -0.15) is 9.64 Å². The number of benzene rings is 1. The van der Waals surface area contributed by atoms with Crippen LogP contribution in [0.1, 0.15) is 18.3 Å². The van der Waals surface area contributed by atoms with Crippen LogP contribution >= 0.6 is 34.9 Å². The molecule has 17 heavy (non-hydrogen) atoms. The van der Waals surface area contributed by atoms with Gasteiger partial charge < -0.3 is 0 Å². The highest BCUT2D eigenvalue weighted by atomic mass is 35.5. The molecular formula is C11H8ClN3S2. The fraction of sp³-hybridized carbons (Fsp3) is 0.182. The van der Waals surface area contributed by atoms with Crippen LogP contribution in [0.15, 0.2) is 27.4 Å². The van der Waals surface area contributed by atoms with E-state index in [-0.39, 0.29) is 0 Å². The molecule has 6 heteroatoms. The third kappa shape index (κ3) is 2.97. The molecule has 0 radical (unpaired) electrons. The predicted molar refractivity (Wildman–Crippen MR) is 69.6 cm³/mol. The van der Waals surface area contributed by atoms with Gasteiger partial charge in [-0.25, -0.2) is 4.98 Å². The van der Waals surface area contributed by atoms with Crippen LogP contribution in [0.4, 0.5) is 0 Å². The van der Waals surface area contributed by atoms with Gasteiger partial charge in [-0.15, -0.1) is 0 Å². The van der Waals surface area contributed by atoms with Crippen molar-refractivity contribution in [2.75, 3.05) is 0 Å². The zero-order valence-electron chi connectivity index (χ0n) is 8.98. The van der Waals surface area contributed by atoms with Crippen molar-refractivity contribution in [1.82, 2.24) is 9.36 Å². The van der Waals surface area contributed by atoms with Gasteiger partial charge in [-0.1, -0.05) is 30.3 Å². The summed E-state index contributed by atoms with van der Waals surface area (Å²) < 4.78 is 5.10. The van der Waals surface area contributed by atoms with Gasteiger partial charge in [0.05, 0.1) is 10.6 Å². The van der Waals surface area contributed by atoms with E-state index in [1.165, 1.54) is 23.3 Å². The van der Waals surface area contributed by atoms with E-state index < -0.39 is 0 Å². The lowest BCUT2D eigenvalue weighted by Crippen LogP contribution is -1.81. The van der Waals surface area contributed by atoms with E-state index in [4.69, 9.17) is 16.9 Å². The number of nitriles is 1. The van der Waals surface area contributed by atoms with Gasteiger partial charge in [0.1, 0.15) is 11.9 Å². The summed E-state index contributed by atoms with van der Waals surface area (Å²) in [4.78, 5) is 5.32. The van der Waals surface area contributed by atoms with E-state index in [1.54, 1.807) is 12.1 Å². The Morgan fingerprint density at radius 1 is 1.53 bits per heavy atom. The van der Waals surface area contributed by atoms with Crippen LogP contribution in [0.2, 0.25) is 5.02 Å². The van der Waals surface area contributed by atoms with Gasteiger partial charge in [0.25, 0.3) is 0 Å². The molecule has 0 aliphatic carbocycles. The van der Waals surface area contributed by atoms with Crippen molar-refractivity contribution >= 4 is 34.9 Å². The molecule has 0 aliphatic rings. The van der Waals surface area contributed by atoms with Crippen LogP contribution in [0, 0.1) is 11.3 Å². The molecule has 0 spiro atoms. The van der Waals surface area contributed by atoms with Crippen molar-refractivity contribution in [3.63, 3.8) is 0 Å². The first-order chi connectivity index (χ1) is 8.22. The van der Waals surface area contributed by atoms with Gasteiger partial charge in [0.15, 0.2) is 4.34 Å². The summed E-state index contributed by atoms with van der Waals surface area (Å²) in [5, 5.41) is 9.24. The Kier molecular flexibility index (Phi) is 4.00. The molecule has 0 bridgehead atoms. The molecule has 0 saturated carbocycles. The molecule has 0 fully saturated rings. The lowest BCUT2D eigenvalue weighted by molar-refractivity contribution is 0.971. The van der Waals surface area contributed by atoms with Crippen LogP contribution in [-0.4, -0.2) is 9.36 Å². The Morgan fingerprint density at radius 2 is 2.35 bits per heavy atom. The Morgan fingerprint density at radius 3 is 2.94 bits per heavy atom. The largest absolute Gasteiger partial charge is 0.213 e. The Hall–Kier alpha value is -1.09. The molecule has 0 aliphatic heterocycles. The topological polar surface area (TPSA) is 49.6 Å². The lowest BCUT2D eigenvalue weighted by Gasteiger charge is -1.99. The van der Waals surface area contributed by atoms with Gasteiger partial charge in [0, 0.05) is 11.3 Å². The average Bonchev–Trinajstić information content (AvgIpc) is 2.77. The fourth-order valence-corrected chi connectivity index (χ4v) is 3.18. The molecular weight excluding hydrogens is 274 g/mol. The highest BCUT2D eigenvalue weighted by molar-refractivity contribution is 8.01. The summed E-state index contributed by atoms with van der Waals surface area (Å²) in [6, 6.07) is 7.39. The van der Waals surface area contributed by atoms with E-state index in [1.807, 2.05) is 19.1 Å². The summed E-state index contributed by atoms with van der Waals surface area (Å²) in [5.74, 6) is 0.859. The van der Waals surface area contributed by atoms with Gasteiger partial charge >= 0.3 is 0 Å². The number of aryl methyl sites for hydroxylation is 1. The molecule has 0 saturated heterocycles. The smallest absolute Gasteiger partial charge is 0.174 e. The van der Waals surface area contributed by atoms with Crippen molar-refractivity contribution in [2.24, 2.45) is 0 Å². The monoisotopic (exact) mass is 281 g/mol. The van der Waals surface area contributed by atoms with Crippen LogP contribution in [0.3, 0.4) is 0 Å². The molecule has 86 valence electrons. The second-order valence-corrected chi connectivity index (χ2v) is 5.67. The molecule has 1 aromatic carbocycles. The maximum atomic E-state index is 8.77. The molecule has 0 N–H and O–H groups in total. The van der Waals surface area contributed by atoms with Crippen molar-refractivity contribution in [1.29, 1.82) is 5.26 Å². The van der Waals surface area contributed by atoms with Crippen LogP contribution in [0.25, 0.3) is 0 Å². The fourth-order valence-electron chi connectivity index (χ4n) is 1.17. The van der Waals surface area contributed by atoms with Gasteiger partial charge in [-0.05, 0) is 29.7 Å². The highest BCUT2D eigenvalue weighted by Crippen LogP contribution is 2.31. The number of halogens is 1. The van der Waals surface area contributed by atoms with Crippen LogP contribution < -0.4 is 0 Å². The third-order valence-corrected chi connectivity index (χ3v) is 4.12. The third-order valence-electron chi connectivity index (χ3n) is 2.03. The molecule has 1 heterocycles. The van der Waals surface area contributed by atoms with E-state index in [2.05, 4.69) is 9.36 Å². The van der Waals surface area contributed by atoms with E-state index in [9.17, 15) is 0 Å². The van der Waals surface area contributed by atoms with Gasteiger partial charge in [-0.3, -0.25) is 0 Å². The summed E-state index contributed by atoms with van der Waals surface area (Å²) in [6.45, 7) is 2.02. The molecule has 1 aromatic heterocycles. The zero-order chi connectivity index (χ0) is 12.3. The van der Waals surface area contributed by atoms with E-state index in [0.717, 1.165) is 21.5 Å². The second kappa shape index (κ2) is 5.50. The summed E-state index contributed by atoms with van der Waals surface area (Å²) >= 11 is 8.85. The lowest BCUT2D eigenvalue weighted by atomic mass is 10.2. The minimum absolute atomic E-state index is 0.470. The second-order valence-electron chi connectivity index (χ2n) is 3.19. The standard InChI is InChI=1S/C11H8ClN3S2/c1-2-10-14-11(17-15-10)16-8-4-3-7(6-13)9(12)5-8/h3-5H,2H2,1H3. The number of hydrogen-bond donors (Lipinski definition) is 0. The molecule has 3 nitrogen and oxygen atoms in total. The van der Waals surface area contributed by atoms with Crippen molar-refractivity contribution in [3.8, 4) is 6.07 Å². The molecule has 0 unspecified atom stereocenters. The number of nitrogens with zero attached hydrogens (tertiary/aromatic N) is 3. The number of hydrogen-bond acceptors (Lipinski definition) is 5. The average molecular weight is 282 g/mol. The first-order valence-electron chi connectivity index (χ1n) is 4.93. The Labute approximate surface area is 113 Å². The Balaban J connectivity index is 2.19. The van der Waals surface area contributed by atoms with Crippen molar-refractivity contribution in [2.45, 2.75) is 22.6 Å². The predicted octanol–water partition coefficient (Wildman–Crippen LogP) is 3.78. The first kappa shape index (κ1) is 12.4. The van der Waals surface area contributed by atoms with Gasteiger partial charge in [0.2, 0.25) is 0 Å². The first-order valence-corrected chi connectivity index (χ1v) is 6.89. The molecule has 0 atom stereocenters.